The maximum absolute atomic E-state index is 11.9. The van der Waals surface area contributed by atoms with Gasteiger partial charge in [0.05, 0.1) is 6.61 Å². The summed E-state index contributed by atoms with van der Waals surface area (Å²) in [5.41, 5.74) is -0.767. The van der Waals surface area contributed by atoms with E-state index in [0.717, 1.165) is 12.8 Å². The van der Waals surface area contributed by atoms with Crippen molar-refractivity contribution in [3.63, 3.8) is 0 Å². The quantitative estimate of drug-likeness (QED) is 0.801. The van der Waals surface area contributed by atoms with Crippen molar-refractivity contribution in [1.82, 2.24) is 4.98 Å². The Morgan fingerprint density at radius 2 is 2.15 bits per heavy atom. The maximum atomic E-state index is 11.9. The first kappa shape index (κ1) is 14.3. The predicted molar refractivity (Wildman–Crippen MR) is 72.7 cm³/mol. The molecule has 20 heavy (non-hydrogen) atoms. The second-order valence-electron chi connectivity index (χ2n) is 4.84. The third kappa shape index (κ3) is 2.74. The van der Waals surface area contributed by atoms with Crippen molar-refractivity contribution in [2.45, 2.75) is 38.1 Å². The standard InChI is InChI=1S/C14H18N2O4/c1-2-20-12(17)10-6-5-9-15-11(10)16-14(13(18)19)7-3-4-8-14/h5-6,9H,2-4,7-8H2,1H3,(H,15,16)(H,18,19). The molecule has 0 atom stereocenters. The van der Waals surface area contributed by atoms with Gasteiger partial charge in [0.25, 0.3) is 0 Å². The van der Waals surface area contributed by atoms with E-state index in [-0.39, 0.29) is 18.0 Å². The number of aromatic nitrogens is 1. The van der Waals surface area contributed by atoms with Gasteiger partial charge in [-0.25, -0.2) is 14.6 Å². The molecule has 0 spiro atoms. The number of carbonyl (C=O) groups is 2. The highest BCUT2D eigenvalue weighted by Gasteiger charge is 2.42. The first-order valence-corrected chi connectivity index (χ1v) is 6.73. The zero-order chi connectivity index (χ0) is 14.6. The van der Waals surface area contributed by atoms with Crippen LogP contribution in [-0.2, 0) is 9.53 Å². The molecule has 1 saturated carbocycles. The third-order valence-corrected chi connectivity index (χ3v) is 3.53. The van der Waals surface area contributed by atoms with Gasteiger partial charge < -0.3 is 15.2 Å². The Morgan fingerprint density at radius 3 is 2.75 bits per heavy atom. The molecule has 0 saturated heterocycles. The van der Waals surface area contributed by atoms with Crippen LogP contribution >= 0.6 is 0 Å². The summed E-state index contributed by atoms with van der Waals surface area (Å²) in [6.45, 7) is 1.98. The molecule has 1 aromatic rings. The van der Waals surface area contributed by atoms with Crippen LogP contribution in [0.15, 0.2) is 18.3 Å². The van der Waals surface area contributed by atoms with Gasteiger partial charge in [-0.15, -0.1) is 0 Å². The average molecular weight is 278 g/mol. The van der Waals surface area contributed by atoms with Crippen LogP contribution in [-0.4, -0.2) is 34.2 Å². The summed E-state index contributed by atoms with van der Waals surface area (Å²) >= 11 is 0. The third-order valence-electron chi connectivity index (χ3n) is 3.53. The summed E-state index contributed by atoms with van der Waals surface area (Å²) in [6, 6.07) is 3.21. The van der Waals surface area contributed by atoms with Crippen molar-refractivity contribution in [2.24, 2.45) is 0 Å². The lowest BCUT2D eigenvalue weighted by molar-refractivity contribution is -0.142. The number of carboxylic acid groups (broad SMARTS) is 1. The van der Waals surface area contributed by atoms with E-state index in [0.29, 0.717) is 12.8 Å². The number of nitrogens with one attached hydrogen (secondary N) is 1. The van der Waals surface area contributed by atoms with Gasteiger partial charge in [0.15, 0.2) is 0 Å². The van der Waals surface area contributed by atoms with Crippen LogP contribution < -0.4 is 5.32 Å². The van der Waals surface area contributed by atoms with Crippen molar-refractivity contribution in [2.75, 3.05) is 11.9 Å². The van der Waals surface area contributed by atoms with Crippen molar-refractivity contribution in [3.05, 3.63) is 23.9 Å². The van der Waals surface area contributed by atoms with Crippen molar-refractivity contribution in [3.8, 4) is 0 Å². The molecule has 2 rings (SSSR count). The summed E-state index contributed by atoms with van der Waals surface area (Å²) in [6.07, 6.45) is 4.28. The summed E-state index contributed by atoms with van der Waals surface area (Å²) in [5, 5.41) is 12.4. The number of ether oxygens (including phenoxy) is 1. The Labute approximate surface area is 117 Å². The Morgan fingerprint density at radius 1 is 1.45 bits per heavy atom. The number of pyridine rings is 1. The largest absolute Gasteiger partial charge is 0.480 e. The number of carbonyl (C=O) groups excluding carboxylic acids is 1. The Balaban J connectivity index is 2.29. The highest BCUT2D eigenvalue weighted by atomic mass is 16.5. The van der Waals surface area contributed by atoms with Crippen molar-refractivity contribution >= 4 is 17.8 Å². The lowest BCUT2D eigenvalue weighted by Gasteiger charge is -2.26. The minimum Gasteiger partial charge on any atom is -0.480 e. The molecule has 1 fully saturated rings. The summed E-state index contributed by atoms with van der Waals surface area (Å²) in [5.74, 6) is -1.13. The van der Waals surface area contributed by atoms with Gasteiger partial charge in [-0.3, -0.25) is 0 Å². The lowest BCUT2D eigenvalue weighted by atomic mass is 9.97. The van der Waals surface area contributed by atoms with Crippen LogP contribution in [0.4, 0.5) is 5.82 Å². The van der Waals surface area contributed by atoms with Crippen LogP contribution in [0.1, 0.15) is 43.0 Å². The van der Waals surface area contributed by atoms with E-state index >= 15 is 0 Å². The van der Waals surface area contributed by atoms with E-state index in [1.54, 1.807) is 19.1 Å². The minimum absolute atomic E-state index is 0.261. The number of aliphatic carboxylic acids is 1. The molecule has 0 unspecified atom stereocenters. The number of rotatable bonds is 5. The topological polar surface area (TPSA) is 88.5 Å². The van der Waals surface area contributed by atoms with Gasteiger partial charge in [-0.1, -0.05) is 12.8 Å². The van der Waals surface area contributed by atoms with Crippen LogP contribution in [0, 0.1) is 0 Å². The Bertz CT molecular complexity index is 510. The summed E-state index contributed by atoms with van der Waals surface area (Å²) < 4.78 is 4.96. The predicted octanol–water partition coefficient (Wildman–Crippen LogP) is 2.07. The fourth-order valence-corrected chi connectivity index (χ4v) is 2.48. The molecular weight excluding hydrogens is 260 g/mol. The number of hydrogen-bond acceptors (Lipinski definition) is 5. The van der Waals surface area contributed by atoms with E-state index in [1.807, 2.05) is 0 Å². The van der Waals surface area contributed by atoms with Gasteiger partial charge in [0.1, 0.15) is 16.9 Å². The number of hydrogen-bond donors (Lipinski definition) is 2. The van der Waals surface area contributed by atoms with Crippen molar-refractivity contribution < 1.29 is 19.4 Å². The van der Waals surface area contributed by atoms with Crippen LogP contribution in [0.5, 0.6) is 0 Å². The Kier molecular flexibility index (Phi) is 4.22. The van der Waals surface area contributed by atoms with Crippen molar-refractivity contribution in [1.29, 1.82) is 0 Å². The molecule has 0 bridgehead atoms. The van der Waals surface area contributed by atoms with Gasteiger partial charge >= 0.3 is 11.9 Å². The highest BCUT2D eigenvalue weighted by molar-refractivity contribution is 5.95. The van der Waals surface area contributed by atoms with Gasteiger partial charge in [0.2, 0.25) is 0 Å². The van der Waals surface area contributed by atoms with E-state index in [4.69, 9.17) is 4.74 Å². The second-order valence-corrected chi connectivity index (χ2v) is 4.84. The molecule has 1 aromatic heterocycles. The molecule has 6 nitrogen and oxygen atoms in total. The first-order valence-electron chi connectivity index (χ1n) is 6.73. The molecule has 1 aliphatic rings. The smallest absolute Gasteiger partial charge is 0.341 e. The monoisotopic (exact) mass is 278 g/mol. The van der Waals surface area contributed by atoms with E-state index in [2.05, 4.69) is 10.3 Å². The molecule has 0 radical (unpaired) electrons. The normalized spacial score (nSPS) is 16.6. The Hall–Kier alpha value is -2.11. The van der Waals surface area contributed by atoms with Crippen LogP contribution in [0.2, 0.25) is 0 Å². The lowest BCUT2D eigenvalue weighted by Crippen LogP contribution is -2.44. The van der Waals surface area contributed by atoms with Crippen LogP contribution in [0.25, 0.3) is 0 Å². The first-order chi connectivity index (χ1) is 9.59. The fraction of sp³-hybridized carbons (Fsp3) is 0.500. The zero-order valence-corrected chi connectivity index (χ0v) is 11.4. The van der Waals surface area contributed by atoms with Gasteiger partial charge in [-0.2, -0.15) is 0 Å². The molecule has 6 heteroatoms. The number of anilines is 1. The van der Waals surface area contributed by atoms with E-state index in [9.17, 15) is 14.7 Å². The second kappa shape index (κ2) is 5.90. The van der Waals surface area contributed by atoms with E-state index < -0.39 is 17.5 Å². The SMILES string of the molecule is CCOC(=O)c1cccnc1NC1(C(=O)O)CCCC1. The summed E-state index contributed by atoms with van der Waals surface area (Å²) in [7, 11) is 0. The van der Waals surface area contributed by atoms with Gasteiger partial charge in [-0.05, 0) is 31.9 Å². The number of carboxylic acids is 1. The minimum atomic E-state index is -1.03. The zero-order valence-electron chi connectivity index (χ0n) is 11.4. The van der Waals surface area contributed by atoms with E-state index in [1.165, 1.54) is 6.20 Å². The molecule has 1 heterocycles. The average Bonchev–Trinajstić information content (AvgIpc) is 2.89. The molecule has 0 aromatic carbocycles. The fourth-order valence-electron chi connectivity index (χ4n) is 2.48. The molecule has 1 aliphatic carbocycles. The molecule has 108 valence electrons. The van der Waals surface area contributed by atoms with Gasteiger partial charge in [0, 0.05) is 6.20 Å². The summed E-state index contributed by atoms with van der Waals surface area (Å²) in [4.78, 5) is 27.5. The number of esters is 1. The molecule has 2 N–H and O–H groups in total. The highest BCUT2D eigenvalue weighted by Crippen LogP contribution is 2.33. The maximum Gasteiger partial charge on any atom is 0.341 e. The number of nitrogens with zero attached hydrogens (tertiary/aromatic N) is 1. The molecule has 0 amide bonds. The molecule has 0 aliphatic heterocycles. The molecular formula is C14H18N2O4. The van der Waals surface area contributed by atoms with Crippen LogP contribution in [0.3, 0.4) is 0 Å².